The third kappa shape index (κ3) is 5.90. The maximum absolute atomic E-state index is 13.1. The second kappa shape index (κ2) is 10.0. The van der Waals surface area contributed by atoms with Gasteiger partial charge in [-0.05, 0) is 50.6 Å². The molecule has 3 rings (SSSR count). The molecular formula is C23H25BrN2O2S. The normalized spacial score (nSPS) is 11.9. The maximum Gasteiger partial charge on any atom is 0.254 e. The Hall–Kier alpha value is -2.18. The molecule has 0 saturated carbocycles. The first kappa shape index (κ1) is 21.5. The highest BCUT2D eigenvalue weighted by Gasteiger charge is 2.22. The van der Waals surface area contributed by atoms with Crippen LogP contribution in [0.3, 0.4) is 0 Å². The van der Waals surface area contributed by atoms with E-state index in [4.69, 9.17) is 4.74 Å². The van der Waals surface area contributed by atoms with Crippen molar-refractivity contribution in [2.45, 2.75) is 46.4 Å². The number of carbonyl (C=O) groups is 1. The molecule has 0 fully saturated rings. The fourth-order valence-electron chi connectivity index (χ4n) is 2.88. The van der Waals surface area contributed by atoms with E-state index in [9.17, 15) is 4.79 Å². The molecule has 0 unspecified atom stereocenters. The van der Waals surface area contributed by atoms with Gasteiger partial charge in [-0.25, -0.2) is 4.98 Å². The van der Waals surface area contributed by atoms with Crippen LogP contribution in [0.4, 0.5) is 0 Å². The van der Waals surface area contributed by atoms with Crippen molar-refractivity contribution >= 4 is 33.2 Å². The summed E-state index contributed by atoms with van der Waals surface area (Å²) in [7, 11) is 0. The maximum atomic E-state index is 13.1. The van der Waals surface area contributed by atoms with Crippen LogP contribution in [-0.4, -0.2) is 21.8 Å². The Kier molecular flexibility index (Phi) is 7.45. The largest absolute Gasteiger partial charge is 0.486 e. The van der Waals surface area contributed by atoms with Gasteiger partial charge in [-0.3, -0.25) is 4.79 Å². The molecule has 4 nitrogen and oxygen atoms in total. The van der Waals surface area contributed by atoms with Gasteiger partial charge in [0.05, 0.1) is 12.2 Å². The summed E-state index contributed by atoms with van der Waals surface area (Å²) in [6.07, 6.45) is 0.882. The molecule has 6 heteroatoms. The minimum atomic E-state index is 0.0195. The van der Waals surface area contributed by atoms with E-state index in [1.807, 2.05) is 58.8 Å². The van der Waals surface area contributed by atoms with Gasteiger partial charge < -0.3 is 9.64 Å². The number of nitrogens with zero attached hydrogens (tertiary/aromatic N) is 2. The predicted molar refractivity (Wildman–Crippen MR) is 121 cm³/mol. The lowest BCUT2D eigenvalue weighted by Gasteiger charge is -2.28. The molecule has 152 valence electrons. The Balaban J connectivity index is 1.68. The fraction of sp³-hybridized carbons (Fsp3) is 0.304. The number of amides is 1. The number of aromatic nitrogens is 1. The second-order valence-corrected chi connectivity index (χ2v) is 8.89. The van der Waals surface area contributed by atoms with Crippen LogP contribution in [0.15, 0.2) is 58.4 Å². The molecule has 1 atom stereocenters. The number of benzene rings is 2. The monoisotopic (exact) mass is 472 g/mol. The Labute approximate surface area is 184 Å². The number of halogens is 1. The summed E-state index contributed by atoms with van der Waals surface area (Å²) in [4.78, 5) is 19.7. The van der Waals surface area contributed by atoms with Gasteiger partial charge in [-0.1, -0.05) is 46.6 Å². The van der Waals surface area contributed by atoms with Gasteiger partial charge in [0.25, 0.3) is 5.91 Å². The molecule has 1 heterocycles. The van der Waals surface area contributed by atoms with Crippen LogP contribution in [0.2, 0.25) is 0 Å². The molecule has 3 aromatic rings. The smallest absolute Gasteiger partial charge is 0.254 e. The molecule has 0 aliphatic rings. The Morgan fingerprint density at radius 3 is 2.69 bits per heavy atom. The molecule has 1 amide bonds. The zero-order chi connectivity index (χ0) is 20.8. The van der Waals surface area contributed by atoms with E-state index in [-0.39, 0.29) is 11.9 Å². The van der Waals surface area contributed by atoms with E-state index in [0.717, 1.165) is 27.3 Å². The molecule has 1 aromatic heterocycles. The first-order valence-electron chi connectivity index (χ1n) is 9.65. The van der Waals surface area contributed by atoms with Gasteiger partial charge >= 0.3 is 0 Å². The van der Waals surface area contributed by atoms with Crippen molar-refractivity contribution in [1.82, 2.24) is 9.88 Å². The molecule has 0 N–H and O–H groups in total. The zero-order valence-electron chi connectivity index (χ0n) is 16.9. The summed E-state index contributed by atoms with van der Waals surface area (Å²) in [6.45, 7) is 7.13. The number of thiazole rings is 1. The Morgan fingerprint density at radius 1 is 1.24 bits per heavy atom. The van der Waals surface area contributed by atoms with Crippen LogP contribution in [0.1, 0.15) is 46.9 Å². The average Bonchev–Trinajstić information content (AvgIpc) is 3.18. The number of carbonyl (C=O) groups excluding carboxylic acids is 1. The second-order valence-electron chi connectivity index (χ2n) is 7.03. The number of ether oxygens (including phenoxy) is 1. The van der Waals surface area contributed by atoms with Gasteiger partial charge in [0, 0.05) is 21.5 Å². The van der Waals surface area contributed by atoms with E-state index in [1.54, 1.807) is 11.3 Å². The van der Waals surface area contributed by atoms with Crippen LogP contribution < -0.4 is 4.74 Å². The topological polar surface area (TPSA) is 42.4 Å². The summed E-state index contributed by atoms with van der Waals surface area (Å²) < 4.78 is 6.73. The van der Waals surface area contributed by atoms with Crippen molar-refractivity contribution in [1.29, 1.82) is 0 Å². The highest BCUT2D eigenvalue weighted by Crippen LogP contribution is 2.20. The van der Waals surface area contributed by atoms with E-state index in [1.165, 1.54) is 5.56 Å². The quantitative estimate of drug-likeness (QED) is 0.389. The van der Waals surface area contributed by atoms with Crippen molar-refractivity contribution in [2.75, 3.05) is 0 Å². The number of hydrogen-bond donors (Lipinski definition) is 0. The molecule has 0 saturated heterocycles. The number of aryl methyl sites for hydroxylation is 1. The van der Waals surface area contributed by atoms with Gasteiger partial charge in [0.2, 0.25) is 0 Å². The minimum Gasteiger partial charge on any atom is -0.486 e. The lowest BCUT2D eigenvalue weighted by molar-refractivity contribution is 0.0669. The third-order valence-electron chi connectivity index (χ3n) is 4.77. The van der Waals surface area contributed by atoms with E-state index in [0.29, 0.717) is 18.7 Å². The number of hydrogen-bond acceptors (Lipinski definition) is 4. The van der Waals surface area contributed by atoms with Crippen LogP contribution >= 0.6 is 27.3 Å². The highest BCUT2D eigenvalue weighted by atomic mass is 79.9. The molecule has 0 bridgehead atoms. The standard InChI is InChI=1S/C23H25BrN2O2S/c1-4-17(3)26(23(27)18-6-5-7-19(24)12-18)13-20-15-29-22(25-20)14-28-21-10-8-16(2)9-11-21/h5-12,15,17H,4,13-14H2,1-3H3/t17-/m1/s1. The Bertz CT molecular complexity index is 956. The molecule has 29 heavy (non-hydrogen) atoms. The average molecular weight is 473 g/mol. The van der Waals surface area contributed by atoms with E-state index < -0.39 is 0 Å². The molecule has 0 aliphatic carbocycles. The lowest BCUT2D eigenvalue weighted by Crippen LogP contribution is -2.37. The van der Waals surface area contributed by atoms with Gasteiger partial charge in [0.1, 0.15) is 17.4 Å². The van der Waals surface area contributed by atoms with Crippen LogP contribution in [0, 0.1) is 6.92 Å². The Morgan fingerprint density at radius 2 is 2.00 bits per heavy atom. The van der Waals surface area contributed by atoms with Crippen LogP contribution in [0.5, 0.6) is 5.75 Å². The summed E-state index contributed by atoms with van der Waals surface area (Å²) in [6, 6.07) is 15.6. The van der Waals surface area contributed by atoms with Crippen LogP contribution in [-0.2, 0) is 13.2 Å². The van der Waals surface area contributed by atoms with Gasteiger partial charge in [-0.15, -0.1) is 11.3 Å². The summed E-state index contributed by atoms with van der Waals surface area (Å²) in [5, 5.41) is 2.91. The lowest BCUT2D eigenvalue weighted by atomic mass is 10.1. The molecule has 0 aliphatic heterocycles. The highest BCUT2D eigenvalue weighted by molar-refractivity contribution is 9.10. The molecule has 2 aromatic carbocycles. The first-order valence-corrected chi connectivity index (χ1v) is 11.3. The van der Waals surface area contributed by atoms with Crippen molar-refractivity contribution < 1.29 is 9.53 Å². The molecule has 0 spiro atoms. The van der Waals surface area contributed by atoms with Crippen molar-refractivity contribution in [3.63, 3.8) is 0 Å². The van der Waals surface area contributed by atoms with E-state index in [2.05, 4.69) is 41.7 Å². The SMILES string of the molecule is CC[C@@H](C)N(Cc1csc(COc2ccc(C)cc2)n1)C(=O)c1cccc(Br)c1. The summed E-state index contributed by atoms with van der Waals surface area (Å²) in [5.74, 6) is 0.851. The summed E-state index contributed by atoms with van der Waals surface area (Å²) >= 11 is 5.01. The van der Waals surface area contributed by atoms with Gasteiger partial charge in [0.15, 0.2) is 0 Å². The third-order valence-corrected chi connectivity index (χ3v) is 6.13. The number of rotatable bonds is 8. The van der Waals surface area contributed by atoms with Crippen LogP contribution in [0.25, 0.3) is 0 Å². The first-order chi connectivity index (χ1) is 14.0. The van der Waals surface area contributed by atoms with Crippen molar-refractivity contribution in [2.24, 2.45) is 0 Å². The summed E-state index contributed by atoms with van der Waals surface area (Å²) in [5.41, 5.74) is 2.77. The zero-order valence-corrected chi connectivity index (χ0v) is 19.3. The van der Waals surface area contributed by atoms with Gasteiger partial charge in [-0.2, -0.15) is 0 Å². The predicted octanol–water partition coefficient (Wildman–Crippen LogP) is 6.23. The van der Waals surface area contributed by atoms with Crippen molar-refractivity contribution in [3.05, 3.63) is 80.2 Å². The van der Waals surface area contributed by atoms with E-state index >= 15 is 0 Å². The molecular weight excluding hydrogens is 448 g/mol. The fourth-order valence-corrected chi connectivity index (χ4v) is 3.97. The van der Waals surface area contributed by atoms with Crippen molar-refractivity contribution in [3.8, 4) is 5.75 Å². The minimum absolute atomic E-state index is 0.0195. The molecule has 0 radical (unpaired) electrons.